The van der Waals surface area contributed by atoms with Crippen molar-refractivity contribution in [3.63, 3.8) is 0 Å². The van der Waals surface area contributed by atoms with Crippen molar-refractivity contribution in [3.8, 4) is 17.6 Å². The summed E-state index contributed by atoms with van der Waals surface area (Å²) in [7, 11) is 4.08. The van der Waals surface area contributed by atoms with Crippen LogP contribution in [0.2, 0.25) is 0 Å². The van der Waals surface area contributed by atoms with Gasteiger partial charge in [0.1, 0.15) is 6.42 Å². The second kappa shape index (κ2) is 11.3. The third-order valence-corrected chi connectivity index (χ3v) is 3.29. The first-order valence-electron chi connectivity index (χ1n) is 8.23. The molecular weight excluding hydrogens is 306 g/mol. The maximum Gasteiger partial charge on any atom is 0.234 e. The van der Waals surface area contributed by atoms with Gasteiger partial charge in [-0.2, -0.15) is 5.26 Å². The van der Waals surface area contributed by atoms with Gasteiger partial charge in [-0.1, -0.05) is 6.07 Å². The predicted molar refractivity (Wildman–Crippen MR) is 93.2 cm³/mol. The van der Waals surface area contributed by atoms with Crippen molar-refractivity contribution in [2.45, 2.75) is 26.2 Å². The molecule has 0 spiro atoms. The van der Waals surface area contributed by atoms with Crippen LogP contribution in [-0.4, -0.2) is 51.2 Å². The van der Waals surface area contributed by atoms with Crippen molar-refractivity contribution in [1.82, 2.24) is 10.2 Å². The van der Waals surface area contributed by atoms with E-state index in [4.69, 9.17) is 14.7 Å². The second-order valence-electron chi connectivity index (χ2n) is 5.65. The topological polar surface area (TPSA) is 74.6 Å². The summed E-state index contributed by atoms with van der Waals surface area (Å²) in [5.74, 6) is 1.22. The SMILES string of the molecule is CCOc1cc(CCNC(=O)CC#N)ccc1OCCCN(C)C. The molecule has 0 fully saturated rings. The van der Waals surface area contributed by atoms with E-state index in [0.717, 1.165) is 30.0 Å². The minimum absolute atomic E-state index is 0.107. The molecule has 0 heterocycles. The van der Waals surface area contributed by atoms with Gasteiger partial charge >= 0.3 is 0 Å². The lowest BCUT2D eigenvalue weighted by atomic mass is 10.1. The van der Waals surface area contributed by atoms with Gasteiger partial charge in [-0.3, -0.25) is 4.79 Å². The first-order chi connectivity index (χ1) is 11.6. The zero-order chi connectivity index (χ0) is 17.8. The fraction of sp³-hybridized carbons (Fsp3) is 0.556. The molecule has 1 N–H and O–H groups in total. The minimum Gasteiger partial charge on any atom is -0.490 e. The number of ether oxygens (including phenoxy) is 2. The van der Waals surface area contributed by atoms with E-state index in [1.54, 1.807) is 0 Å². The van der Waals surface area contributed by atoms with E-state index in [0.29, 0.717) is 26.2 Å². The minimum atomic E-state index is -0.247. The number of rotatable bonds is 11. The highest BCUT2D eigenvalue weighted by atomic mass is 16.5. The number of hydrogen-bond acceptors (Lipinski definition) is 5. The predicted octanol–water partition coefficient (Wildman–Crippen LogP) is 1.99. The van der Waals surface area contributed by atoms with Crippen LogP contribution in [-0.2, 0) is 11.2 Å². The first kappa shape index (κ1) is 19.8. The monoisotopic (exact) mass is 333 g/mol. The maximum atomic E-state index is 11.3. The quantitative estimate of drug-likeness (QED) is 0.627. The van der Waals surface area contributed by atoms with Gasteiger partial charge in [-0.05, 0) is 51.6 Å². The normalized spacial score (nSPS) is 10.3. The average molecular weight is 333 g/mol. The first-order valence-corrected chi connectivity index (χ1v) is 8.23. The molecule has 6 nitrogen and oxygen atoms in total. The van der Waals surface area contributed by atoms with Crippen LogP contribution in [0.5, 0.6) is 11.5 Å². The number of amides is 1. The van der Waals surface area contributed by atoms with Gasteiger partial charge in [0, 0.05) is 13.1 Å². The van der Waals surface area contributed by atoms with E-state index in [1.807, 2.05) is 45.3 Å². The fourth-order valence-electron chi connectivity index (χ4n) is 2.14. The molecule has 24 heavy (non-hydrogen) atoms. The van der Waals surface area contributed by atoms with Gasteiger partial charge in [0.05, 0.1) is 19.3 Å². The van der Waals surface area contributed by atoms with Crippen molar-refractivity contribution in [3.05, 3.63) is 23.8 Å². The number of carbonyl (C=O) groups excluding carboxylic acids is 1. The molecular formula is C18H27N3O3. The molecule has 0 aliphatic heterocycles. The number of carbonyl (C=O) groups is 1. The number of nitrogens with zero attached hydrogens (tertiary/aromatic N) is 2. The molecule has 0 atom stereocenters. The molecule has 0 bridgehead atoms. The van der Waals surface area contributed by atoms with Crippen molar-refractivity contribution < 1.29 is 14.3 Å². The Morgan fingerprint density at radius 3 is 2.75 bits per heavy atom. The van der Waals surface area contributed by atoms with Crippen LogP contribution in [0.25, 0.3) is 0 Å². The summed E-state index contributed by atoms with van der Waals surface area (Å²) in [6, 6.07) is 7.66. The number of nitrogens with one attached hydrogen (secondary N) is 1. The Hall–Kier alpha value is -2.26. The van der Waals surface area contributed by atoms with Crippen LogP contribution in [0.3, 0.4) is 0 Å². The van der Waals surface area contributed by atoms with Crippen LogP contribution in [0, 0.1) is 11.3 Å². The summed E-state index contributed by atoms with van der Waals surface area (Å²) in [6.07, 6.45) is 1.52. The van der Waals surface area contributed by atoms with Crippen LogP contribution < -0.4 is 14.8 Å². The number of benzene rings is 1. The van der Waals surface area contributed by atoms with Crippen molar-refractivity contribution in [2.24, 2.45) is 0 Å². The van der Waals surface area contributed by atoms with E-state index in [9.17, 15) is 4.79 Å². The van der Waals surface area contributed by atoms with E-state index < -0.39 is 0 Å². The highest BCUT2D eigenvalue weighted by Gasteiger charge is 2.07. The molecule has 0 saturated heterocycles. The highest BCUT2D eigenvalue weighted by molar-refractivity contribution is 5.77. The summed E-state index contributed by atoms with van der Waals surface area (Å²) in [5, 5.41) is 11.2. The Labute approximate surface area is 144 Å². The molecule has 0 aliphatic carbocycles. The van der Waals surface area contributed by atoms with Crippen molar-refractivity contribution >= 4 is 5.91 Å². The smallest absolute Gasteiger partial charge is 0.234 e. The number of nitriles is 1. The molecule has 0 aliphatic rings. The van der Waals surface area contributed by atoms with Crippen LogP contribution in [0.15, 0.2) is 18.2 Å². The molecule has 0 aromatic heterocycles. The maximum absolute atomic E-state index is 11.3. The van der Waals surface area contributed by atoms with Crippen molar-refractivity contribution in [2.75, 3.05) is 40.4 Å². The summed E-state index contributed by atoms with van der Waals surface area (Å²) < 4.78 is 11.5. The second-order valence-corrected chi connectivity index (χ2v) is 5.65. The Morgan fingerprint density at radius 1 is 1.29 bits per heavy atom. The van der Waals surface area contributed by atoms with E-state index in [2.05, 4.69) is 10.2 Å². The van der Waals surface area contributed by atoms with Crippen LogP contribution in [0.4, 0.5) is 0 Å². The van der Waals surface area contributed by atoms with Gasteiger partial charge in [0.2, 0.25) is 5.91 Å². The zero-order valence-corrected chi connectivity index (χ0v) is 14.8. The Balaban J connectivity index is 2.55. The molecule has 0 radical (unpaired) electrons. The lowest BCUT2D eigenvalue weighted by Crippen LogP contribution is -2.24. The highest BCUT2D eigenvalue weighted by Crippen LogP contribution is 2.28. The van der Waals surface area contributed by atoms with Gasteiger partial charge in [0.25, 0.3) is 0 Å². The van der Waals surface area contributed by atoms with Gasteiger partial charge < -0.3 is 19.7 Å². The summed E-state index contributed by atoms with van der Waals surface area (Å²) in [6.45, 7) is 4.61. The van der Waals surface area contributed by atoms with Crippen molar-refractivity contribution in [1.29, 1.82) is 5.26 Å². The molecule has 0 saturated carbocycles. The lowest BCUT2D eigenvalue weighted by molar-refractivity contribution is -0.120. The third-order valence-electron chi connectivity index (χ3n) is 3.29. The van der Waals surface area contributed by atoms with E-state index in [-0.39, 0.29) is 12.3 Å². The van der Waals surface area contributed by atoms with E-state index in [1.165, 1.54) is 0 Å². The Morgan fingerprint density at radius 2 is 2.08 bits per heavy atom. The van der Waals surface area contributed by atoms with Crippen LogP contribution in [0.1, 0.15) is 25.3 Å². The van der Waals surface area contributed by atoms with Crippen LogP contribution >= 0.6 is 0 Å². The fourth-order valence-corrected chi connectivity index (χ4v) is 2.14. The largest absolute Gasteiger partial charge is 0.490 e. The summed E-state index contributed by atoms with van der Waals surface area (Å²) in [5.41, 5.74) is 1.05. The standard InChI is InChI=1S/C18H27N3O3/c1-4-23-17-14-15(9-11-20-18(22)8-10-19)6-7-16(17)24-13-5-12-21(2)3/h6-7,14H,4-5,8-9,11-13H2,1-3H3,(H,20,22). The summed E-state index contributed by atoms with van der Waals surface area (Å²) >= 11 is 0. The van der Waals surface area contributed by atoms with Gasteiger partial charge in [-0.15, -0.1) is 0 Å². The third kappa shape index (κ3) is 7.84. The molecule has 1 aromatic carbocycles. The Bertz CT molecular complexity index is 553. The van der Waals surface area contributed by atoms with Gasteiger partial charge in [-0.25, -0.2) is 0 Å². The molecule has 1 amide bonds. The average Bonchev–Trinajstić information content (AvgIpc) is 2.53. The van der Waals surface area contributed by atoms with Gasteiger partial charge in [0.15, 0.2) is 11.5 Å². The van der Waals surface area contributed by atoms with E-state index >= 15 is 0 Å². The zero-order valence-electron chi connectivity index (χ0n) is 14.8. The molecule has 0 unspecified atom stereocenters. The Kier molecular flexibility index (Phi) is 9.32. The molecule has 6 heteroatoms. The summed E-state index contributed by atoms with van der Waals surface area (Å²) in [4.78, 5) is 13.4. The molecule has 1 rings (SSSR count). The number of hydrogen-bond donors (Lipinski definition) is 1. The lowest BCUT2D eigenvalue weighted by Gasteiger charge is -2.14. The molecule has 132 valence electrons. The molecule has 1 aromatic rings.